The van der Waals surface area contributed by atoms with Crippen LogP contribution in [0.5, 0.6) is 0 Å². The van der Waals surface area contributed by atoms with E-state index in [-0.39, 0.29) is 24.3 Å². The molecular formula is C15H17F4N3O3S. The molecule has 11 heteroatoms. The van der Waals surface area contributed by atoms with E-state index in [0.717, 1.165) is 12.1 Å². The molecular weight excluding hydrogens is 378 g/mol. The Kier molecular flexibility index (Phi) is 4.76. The van der Waals surface area contributed by atoms with Crippen LogP contribution >= 0.6 is 0 Å². The highest BCUT2D eigenvalue weighted by Gasteiger charge is 2.48. The average Bonchev–Trinajstić information content (AvgIpc) is 3.00. The molecule has 2 fully saturated rings. The summed E-state index contributed by atoms with van der Waals surface area (Å²) in [5.41, 5.74) is -5.73. The monoisotopic (exact) mass is 395 g/mol. The van der Waals surface area contributed by atoms with Gasteiger partial charge in [0.2, 0.25) is 0 Å². The Morgan fingerprint density at radius 3 is 2.54 bits per heavy atom. The second-order valence-electron chi connectivity index (χ2n) is 6.23. The van der Waals surface area contributed by atoms with Crippen LogP contribution in [0, 0.1) is 5.82 Å². The minimum atomic E-state index is -5.70. The van der Waals surface area contributed by atoms with E-state index >= 15 is 0 Å². The quantitative estimate of drug-likeness (QED) is 0.796. The van der Waals surface area contributed by atoms with Crippen molar-refractivity contribution >= 4 is 21.6 Å². The van der Waals surface area contributed by atoms with Gasteiger partial charge >= 0.3 is 11.5 Å². The van der Waals surface area contributed by atoms with Crippen LogP contribution in [0.4, 0.5) is 28.0 Å². The van der Waals surface area contributed by atoms with Crippen molar-refractivity contribution < 1.29 is 30.8 Å². The van der Waals surface area contributed by atoms with Gasteiger partial charge in [0, 0.05) is 26.2 Å². The number of halogens is 4. The van der Waals surface area contributed by atoms with Gasteiger partial charge < -0.3 is 15.1 Å². The number of amides is 2. The topological polar surface area (TPSA) is 69.7 Å². The summed E-state index contributed by atoms with van der Waals surface area (Å²) < 4.78 is 76.2. The third kappa shape index (κ3) is 3.31. The predicted molar refractivity (Wildman–Crippen MR) is 85.0 cm³/mol. The summed E-state index contributed by atoms with van der Waals surface area (Å²) in [4.78, 5) is 13.8. The zero-order valence-electron chi connectivity index (χ0n) is 13.6. The van der Waals surface area contributed by atoms with Crippen LogP contribution < -0.4 is 10.2 Å². The van der Waals surface area contributed by atoms with E-state index in [2.05, 4.69) is 5.32 Å². The molecule has 0 bridgehead atoms. The molecule has 0 aliphatic carbocycles. The predicted octanol–water partition coefficient (Wildman–Crippen LogP) is 2.11. The number of nitrogens with zero attached hydrogens (tertiary/aromatic N) is 2. The third-order valence-corrected chi connectivity index (χ3v) is 6.10. The van der Waals surface area contributed by atoms with Crippen LogP contribution in [0.2, 0.25) is 0 Å². The Bertz CT molecular complexity index is 813. The Balaban J connectivity index is 1.95. The number of rotatable bonds is 3. The van der Waals surface area contributed by atoms with E-state index in [9.17, 15) is 30.8 Å². The van der Waals surface area contributed by atoms with Gasteiger partial charge in [-0.2, -0.15) is 13.2 Å². The zero-order valence-corrected chi connectivity index (χ0v) is 14.4. The summed E-state index contributed by atoms with van der Waals surface area (Å²) >= 11 is 0. The highest BCUT2D eigenvalue weighted by Crippen LogP contribution is 2.37. The van der Waals surface area contributed by atoms with Crippen molar-refractivity contribution in [1.29, 1.82) is 0 Å². The molecule has 0 spiro atoms. The number of urea groups is 1. The Morgan fingerprint density at radius 1 is 1.19 bits per heavy atom. The van der Waals surface area contributed by atoms with Gasteiger partial charge in [0.1, 0.15) is 10.7 Å². The SMILES string of the molecule is O=C1NCCN1C1CCCN(c2ccc(F)cc2S(=O)(=O)C(F)(F)F)C1. The third-order valence-electron chi connectivity index (χ3n) is 4.58. The lowest BCUT2D eigenvalue weighted by molar-refractivity contribution is -0.0435. The summed E-state index contributed by atoms with van der Waals surface area (Å²) in [5, 5.41) is 2.66. The lowest BCUT2D eigenvalue weighted by atomic mass is 10.0. The molecule has 1 unspecified atom stereocenters. The number of sulfone groups is 1. The average molecular weight is 395 g/mol. The van der Waals surface area contributed by atoms with Gasteiger partial charge in [-0.25, -0.2) is 17.6 Å². The van der Waals surface area contributed by atoms with Crippen molar-refractivity contribution in [2.45, 2.75) is 29.3 Å². The number of carbonyl (C=O) groups is 1. The summed E-state index contributed by atoms with van der Waals surface area (Å²) in [7, 11) is -5.70. The number of carbonyl (C=O) groups excluding carboxylic acids is 1. The number of benzene rings is 1. The van der Waals surface area contributed by atoms with Crippen molar-refractivity contribution in [2.24, 2.45) is 0 Å². The van der Waals surface area contributed by atoms with Crippen molar-refractivity contribution in [1.82, 2.24) is 10.2 Å². The number of alkyl halides is 3. The van der Waals surface area contributed by atoms with Gasteiger partial charge in [-0.1, -0.05) is 0 Å². The van der Waals surface area contributed by atoms with Crippen LogP contribution in [0.15, 0.2) is 23.1 Å². The van der Waals surface area contributed by atoms with Crippen LogP contribution in [-0.2, 0) is 9.84 Å². The molecule has 1 N–H and O–H groups in total. The van der Waals surface area contributed by atoms with E-state index in [4.69, 9.17) is 0 Å². The molecule has 2 amide bonds. The normalized spacial score (nSPS) is 21.8. The lowest BCUT2D eigenvalue weighted by Crippen LogP contribution is -2.49. The van der Waals surface area contributed by atoms with E-state index in [0.29, 0.717) is 38.5 Å². The minimum Gasteiger partial charge on any atom is -0.368 e. The Morgan fingerprint density at radius 2 is 1.92 bits per heavy atom. The summed E-state index contributed by atoms with van der Waals surface area (Å²) in [6.45, 7) is 1.46. The molecule has 0 radical (unpaired) electrons. The van der Waals surface area contributed by atoms with Crippen molar-refractivity contribution in [3.8, 4) is 0 Å². The van der Waals surface area contributed by atoms with Crippen LogP contribution in [-0.4, -0.2) is 57.1 Å². The fraction of sp³-hybridized carbons (Fsp3) is 0.533. The fourth-order valence-corrected chi connectivity index (χ4v) is 4.34. The first-order valence-electron chi connectivity index (χ1n) is 8.01. The van der Waals surface area contributed by atoms with Gasteiger partial charge in [0.05, 0.1) is 11.7 Å². The molecule has 1 atom stereocenters. The molecule has 3 rings (SSSR count). The van der Waals surface area contributed by atoms with Crippen LogP contribution in [0.3, 0.4) is 0 Å². The molecule has 144 valence electrons. The highest BCUT2D eigenvalue weighted by molar-refractivity contribution is 7.92. The molecule has 6 nitrogen and oxygen atoms in total. The van der Waals surface area contributed by atoms with E-state index in [1.54, 1.807) is 4.90 Å². The molecule has 2 aliphatic rings. The van der Waals surface area contributed by atoms with Gasteiger partial charge in [-0.05, 0) is 31.0 Å². The maximum atomic E-state index is 13.5. The fourth-order valence-electron chi connectivity index (χ4n) is 3.35. The van der Waals surface area contributed by atoms with Crippen molar-refractivity contribution in [3.05, 3.63) is 24.0 Å². The zero-order chi connectivity index (χ0) is 19.1. The first-order chi connectivity index (χ1) is 12.1. The molecule has 0 aromatic heterocycles. The van der Waals surface area contributed by atoms with E-state index in [1.807, 2.05) is 0 Å². The van der Waals surface area contributed by atoms with Gasteiger partial charge in [0.15, 0.2) is 0 Å². The van der Waals surface area contributed by atoms with Crippen LogP contribution in [0.25, 0.3) is 0 Å². The minimum absolute atomic E-state index is 0.180. The molecule has 0 saturated carbocycles. The van der Waals surface area contributed by atoms with Crippen molar-refractivity contribution in [3.63, 3.8) is 0 Å². The maximum absolute atomic E-state index is 13.5. The maximum Gasteiger partial charge on any atom is 0.501 e. The summed E-state index contributed by atoms with van der Waals surface area (Å²) in [5.74, 6) is -1.07. The summed E-state index contributed by atoms with van der Waals surface area (Å²) in [6.07, 6.45) is 1.23. The molecule has 26 heavy (non-hydrogen) atoms. The Labute approximate surface area is 147 Å². The smallest absolute Gasteiger partial charge is 0.368 e. The summed E-state index contributed by atoms with van der Waals surface area (Å²) in [6, 6.07) is 1.86. The van der Waals surface area contributed by atoms with E-state index in [1.165, 1.54) is 4.90 Å². The number of nitrogens with one attached hydrogen (secondary N) is 1. The number of hydrogen-bond acceptors (Lipinski definition) is 4. The number of piperidine rings is 1. The standard InChI is InChI=1S/C15H17F4N3O3S/c16-10-3-4-12(13(8-10)26(24,25)15(17,18)19)21-6-1-2-11(9-21)22-7-5-20-14(22)23/h3-4,8,11H,1-2,5-7,9H2,(H,20,23). The first-order valence-corrected chi connectivity index (χ1v) is 9.50. The first kappa shape index (κ1) is 18.7. The number of hydrogen-bond donors (Lipinski definition) is 1. The largest absolute Gasteiger partial charge is 0.501 e. The van der Waals surface area contributed by atoms with E-state index < -0.39 is 26.1 Å². The van der Waals surface area contributed by atoms with Crippen molar-refractivity contribution in [2.75, 3.05) is 31.1 Å². The highest BCUT2D eigenvalue weighted by atomic mass is 32.2. The lowest BCUT2D eigenvalue weighted by Gasteiger charge is -2.38. The molecule has 1 aromatic rings. The molecule has 2 aliphatic heterocycles. The van der Waals surface area contributed by atoms with Gasteiger partial charge in [0.25, 0.3) is 9.84 Å². The second-order valence-corrected chi connectivity index (χ2v) is 8.14. The number of anilines is 1. The van der Waals surface area contributed by atoms with Gasteiger partial charge in [-0.3, -0.25) is 0 Å². The Hall–Kier alpha value is -2.04. The van der Waals surface area contributed by atoms with Gasteiger partial charge in [-0.15, -0.1) is 0 Å². The second kappa shape index (κ2) is 6.60. The molecule has 2 heterocycles. The van der Waals surface area contributed by atoms with Crippen LogP contribution in [0.1, 0.15) is 12.8 Å². The molecule has 2 saturated heterocycles. The molecule has 1 aromatic carbocycles.